The molecule has 0 aromatic heterocycles. The molecule has 0 bridgehead atoms. The molecular formula is C14H17BrN2. The topological polar surface area (TPSA) is 35.8 Å². The molecule has 0 atom stereocenters. The molecule has 0 aliphatic heterocycles. The summed E-state index contributed by atoms with van der Waals surface area (Å²) in [5.74, 6) is 0.907. The molecule has 2 rings (SSSR count). The van der Waals surface area contributed by atoms with Gasteiger partial charge in [-0.15, -0.1) is 0 Å². The molecule has 90 valence electrons. The van der Waals surface area contributed by atoms with Gasteiger partial charge in [0.05, 0.1) is 11.6 Å². The molecule has 1 aliphatic carbocycles. The van der Waals surface area contributed by atoms with E-state index in [1.807, 2.05) is 18.2 Å². The van der Waals surface area contributed by atoms with Gasteiger partial charge in [-0.1, -0.05) is 41.6 Å². The lowest BCUT2D eigenvalue weighted by atomic mass is 10.0. The van der Waals surface area contributed by atoms with Crippen LogP contribution in [0.5, 0.6) is 0 Å². The Morgan fingerprint density at radius 1 is 1.29 bits per heavy atom. The lowest BCUT2D eigenvalue weighted by molar-refractivity contribution is 0.518. The Bertz CT molecular complexity index is 417. The molecule has 0 unspecified atom stereocenters. The molecule has 1 N–H and O–H groups in total. The maximum atomic E-state index is 8.89. The van der Waals surface area contributed by atoms with Crippen LogP contribution >= 0.6 is 15.9 Å². The third-order valence-electron chi connectivity index (χ3n) is 3.38. The summed E-state index contributed by atoms with van der Waals surface area (Å²) < 4.78 is 0.958. The summed E-state index contributed by atoms with van der Waals surface area (Å²) in [6, 6.07) is 7.93. The van der Waals surface area contributed by atoms with E-state index in [0.29, 0.717) is 5.56 Å². The first-order valence-electron chi connectivity index (χ1n) is 6.22. The molecule has 1 fully saturated rings. The van der Waals surface area contributed by atoms with Crippen molar-refractivity contribution in [3.05, 3.63) is 28.2 Å². The first-order valence-corrected chi connectivity index (χ1v) is 7.02. The van der Waals surface area contributed by atoms with Gasteiger partial charge < -0.3 is 5.32 Å². The fourth-order valence-corrected chi connectivity index (χ4v) is 2.97. The van der Waals surface area contributed by atoms with E-state index in [4.69, 9.17) is 5.26 Å². The minimum atomic E-state index is 0.697. The van der Waals surface area contributed by atoms with Crippen LogP contribution < -0.4 is 5.32 Å². The minimum absolute atomic E-state index is 0.697. The van der Waals surface area contributed by atoms with Crippen LogP contribution in [0.25, 0.3) is 0 Å². The second-order valence-electron chi connectivity index (χ2n) is 4.71. The summed E-state index contributed by atoms with van der Waals surface area (Å²) in [5.41, 5.74) is 1.73. The average molecular weight is 293 g/mol. The van der Waals surface area contributed by atoms with E-state index in [2.05, 4.69) is 27.3 Å². The van der Waals surface area contributed by atoms with Gasteiger partial charge in [0.1, 0.15) is 0 Å². The maximum absolute atomic E-state index is 8.89. The molecule has 0 radical (unpaired) electrons. The lowest BCUT2D eigenvalue weighted by Crippen LogP contribution is -2.06. The summed E-state index contributed by atoms with van der Waals surface area (Å²) in [6.45, 7) is 1.01. The quantitative estimate of drug-likeness (QED) is 0.897. The van der Waals surface area contributed by atoms with E-state index in [1.165, 1.54) is 32.1 Å². The Morgan fingerprint density at radius 2 is 2.06 bits per heavy atom. The van der Waals surface area contributed by atoms with Gasteiger partial charge >= 0.3 is 0 Å². The highest BCUT2D eigenvalue weighted by atomic mass is 79.9. The summed E-state index contributed by atoms with van der Waals surface area (Å²) in [5, 5.41) is 12.3. The fraction of sp³-hybridized carbons (Fsp3) is 0.500. The highest BCUT2D eigenvalue weighted by Crippen LogP contribution is 2.27. The Morgan fingerprint density at radius 3 is 2.76 bits per heavy atom. The zero-order valence-corrected chi connectivity index (χ0v) is 11.5. The van der Waals surface area contributed by atoms with Crippen molar-refractivity contribution >= 4 is 21.6 Å². The second-order valence-corrected chi connectivity index (χ2v) is 5.62. The van der Waals surface area contributed by atoms with E-state index in [9.17, 15) is 0 Å². The van der Waals surface area contributed by atoms with Crippen LogP contribution in [-0.2, 0) is 0 Å². The third-order valence-corrected chi connectivity index (χ3v) is 3.84. The molecule has 1 aromatic carbocycles. The van der Waals surface area contributed by atoms with Gasteiger partial charge in [0.2, 0.25) is 0 Å². The number of hydrogen-bond acceptors (Lipinski definition) is 2. The van der Waals surface area contributed by atoms with Crippen LogP contribution in [0.4, 0.5) is 5.69 Å². The predicted molar refractivity (Wildman–Crippen MR) is 73.9 cm³/mol. The van der Waals surface area contributed by atoms with Gasteiger partial charge in [-0.25, -0.2) is 0 Å². The van der Waals surface area contributed by atoms with Gasteiger partial charge in [-0.05, 0) is 30.5 Å². The lowest BCUT2D eigenvalue weighted by Gasteiger charge is -2.11. The molecule has 3 heteroatoms. The van der Waals surface area contributed by atoms with Gasteiger partial charge in [-0.3, -0.25) is 0 Å². The van der Waals surface area contributed by atoms with Crippen molar-refractivity contribution in [1.29, 1.82) is 5.26 Å². The maximum Gasteiger partial charge on any atom is 0.0992 e. The Balaban J connectivity index is 1.85. The van der Waals surface area contributed by atoms with Crippen LogP contribution in [0, 0.1) is 17.2 Å². The zero-order chi connectivity index (χ0) is 12.1. The molecule has 0 heterocycles. The zero-order valence-electron chi connectivity index (χ0n) is 9.88. The first-order chi connectivity index (χ1) is 8.28. The molecule has 0 spiro atoms. The number of hydrogen-bond donors (Lipinski definition) is 1. The van der Waals surface area contributed by atoms with E-state index < -0.39 is 0 Å². The molecule has 17 heavy (non-hydrogen) atoms. The monoisotopic (exact) mass is 292 g/mol. The number of benzene rings is 1. The number of nitriles is 1. The minimum Gasteiger partial charge on any atom is -0.385 e. The van der Waals surface area contributed by atoms with Crippen LogP contribution in [0.2, 0.25) is 0 Å². The first kappa shape index (κ1) is 12.4. The van der Waals surface area contributed by atoms with Crippen LogP contribution in [0.1, 0.15) is 37.7 Å². The molecule has 1 aromatic rings. The third kappa shape index (κ3) is 3.74. The van der Waals surface area contributed by atoms with Crippen molar-refractivity contribution in [2.45, 2.75) is 32.1 Å². The Kier molecular flexibility index (Phi) is 4.44. The molecule has 2 nitrogen and oxygen atoms in total. The predicted octanol–water partition coefficient (Wildman–Crippen LogP) is 4.31. The summed E-state index contributed by atoms with van der Waals surface area (Å²) in [4.78, 5) is 0. The molecule has 1 saturated carbocycles. The average Bonchev–Trinajstić information content (AvgIpc) is 2.81. The van der Waals surface area contributed by atoms with Crippen LogP contribution in [0.3, 0.4) is 0 Å². The summed E-state index contributed by atoms with van der Waals surface area (Å²) in [6.07, 6.45) is 6.84. The highest BCUT2D eigenvalue weighted by molar-refractivity contribution is 9.10. The van der Waals surface area contributed by atoms with Crippen LogP contribution in [-0.4, -0.2) is 6.54 Å². The second kappa shape index (κ2) is 6.07. The van der Waals surface area contributed by atoms with Crippen molar-refractivity contribution in [3.8, 4) is 6.07 Å². The summed E-state index contributed by atoms with van der Waals surface area (Å²) in [7, 11) is 0. The largest absolute Gasteiger partial charge is 0.385 e. The highest BCUT2D eigenvalue weighted by Gasteiger charge is 2.13. The van der Waals surface area contributed by atoms with Crippen molar-refractivity contribution in [2.75, 3.05) is 11.9 Å². The standard InChI is InChI=1S/C14H17BrN2/c15-13-7-12(10-16)8-14(9-13)17-6-5-11-3-1-2-4-11/h7-9,11,17H,1-6H2. The van der Waals surface area contributed by atoms with Gasteiger partial charge in [-0.2, -0.15) is 5.26 Å². The van der Waals surface area contributed by atoms with Crippen molar-refractivity contribution in [3.63, 3.8) is 0 Å². The Hall–Kier alpha value is -1.01. The van der Waals surface area contributed by atoms with E-state index >= 15 is 0 Å². The number of nitrogens with one attached hydrogen (secondary N) is 1. The summed E-state index contributed by atoms with van der Waals surface area (Å²) >= 11 is 3.42. The number of nitrogens with zero attached hydrogens (tertiary/aromatic N) is 1. The smallest absolute Gasteiger partial charge is 0.0992 e. The van der Waals surface area contributed by atoms with Gasteiger partial charge in [0, 0.05) is 16.7 Å². The van der Waals surface area contributed by atoms with Gasteiger partial charge in [0.15, 0.2) is 0 Å². The van der Waals surface area contributed by atoms with Gasteiger partial charge in [0.25, 0.3) is 0 Å². The van der Waals surface area contributed by atoms with E-state index in [0.717, 1.165) is 22.6 Å². The SMILES string of the molecule is N#Cc1cc(Br)cc(NCCC2CCCC2)c1. The number of anilines is 1. The molecular weight excluding hydrogens is 276 g/mol. The molecule has 0 amide bonds. The van der Waals surface area contributed by atoms with E-state index in [1.54, 1.807) is 0 Å². The molecule has 0 saturated heterocycles. The number of rotatable bonds is 4. The Labute approximate surface area is 111 Å². The van der Waals surface area contributed by atoms with Crippen LogP contribution in [0.15, 0.2) is 22.7 Å². The molecule has 1 aliphatic rings. The fourth-order valence-electron chi connectivity index (χ4n) is 2.48. The van der Waals surface area contributed by atoms with Crippen molar-refractivity contribution in [1.82, 2.24) is 0 Å². The number of halogens is 1. The normalized spacial score (nSPS) is 15.8. The van der Waals surface area contributed by atoms with E-state index in [-0.39, 0.29) is 0 Å². The van der Waals surface area contributed by atoms with Crippen molar-refractivity contribution in [2.24, 2.45) is 5.92 Å². The van der Waals surface area contributed by atoms with Crippen molar-refractivity contribution < 1.29 is 0 Å².